The van der Waals surface area contributed by atoms with Crippen molar-refractivity contribution < 1.29 is 19.2 Å². The molecule has 0 radical (unpaired) electrons. The summed E-state index contributed by atoms with van der Waals surface area (Å²) in [6.45, 7) is 1.42. The summed E-state index contributed by atoms with van der Waals surface area (Å²) in [5.41, 5.74) is 7.05. The van der Waals surface area contributed by atoms with Gasteiger partial charge in [-0.2, -0.15) is 0 Å². The zero-order valence-corrected chi connectivity index (χ0v) is 14.3. The molecule has 3 N–H and O–H groups in total. The molecule has 0 aromatic heterocycles. The van der Waals surface area contributed by atoms with E-state index in [4.69, 9.17) is 9.47 Å². The molecule has 9 nitrogen and oxygen atoms in total. The minimum absolute atomic E-state index is 0.0700. The first-order valence-electron chi connectivity index (χ1n) is 8.92. The van der Waals surface area contributed by atoms with Gasteiger partial charge in [-0.1, -0.05) is 6.07 Å². The van der Waals surface area contributed by atoms with Crippen LogP contribution in [0.25, 0.3) is 0 Å². The molecule has 1 saturated carbocycles. The van der Waals surface area contributed by atoms with Gasteiger partial charge in [0.25, 0.3) is 0 Å². The molecule has 1 aromatic rings. The highest BCUT2D eigenvalue weighted by Crippen LogP contribution is 2.32. The Kier molecular flexibility index (Phi) is 4.64. The van der Waals surface area contributed by atoms with Gasteiger partial charge < -0.3 is 14.8 Å². The van der Waals surface area contributed by atoms with Gasteiger partial charge in [0.2, 0.25) is 11.9 Å². The largest absolute Gasteiger partial charge is 0.486 e. The molecule has 9 heteroatoms. The number of nitrogens with zero attached hydrogens (tertiary/aromatic N) is 1. The van der Waals surface area contributed by atoms with Crippen LogP contribution >= 0.6 is 0 Å². The van der Waals surface area contributed by atoms with Crippen molar-refractivity contribution in [1.82, 2.24) is 16.2 Å². The number of benzene rings is 1. The number of nitro groups is 1. The third kappa shape index (κ3) is 3.32. The monoisotopic (exact) mass is 362 g/mol. The number of hydrazine groups is 1. The summed E-state index contributed by atoms with van der Waals surface area (Å²) in [7, 11) is 0. The molecule has 1 aromatic carbocycles. The summed E-state index contributed by atoms with van der Waals surface area (Å²) in [6.07, 6.45) is 1.67. The summed E-state index contributed by atoms with van der Waals surface area (Å²) in [6, 6.07) is 4.67. The minimum atomic E-state index is -0.564. The molecule has 4 atom stereocenters. The average Bonchev–Trinajstić information content (AvgIpc) is 3.09. The van der Waals surface area contributed by atoms with E-state index in [-0.39, 0.29) is 22.8 Å². The first kappa shape index (κ1) is 17.0. The molecular weight excluding hydrogens is 340 g/mol. The average molecular weight is 362 g/mol. The van der Waals surface area contributed by atoms with Crippen molar-refractivity contribution in [2.75, 3.05) is 13.2 Å². The van der Waals surface area contributed by atoms with Crippen LogP contribution in [0.4, 0.5) is 0 Å². The third-order valence-electron chi connectivity index (χ3n) is 5.38. The number of hydrogen-bond donors (Lipinski definition) is 3. The maximum atomic E-state index is 12.6. The Labute approximate surface area is 150 Å². The van der Waals surface area contributed by atoms with E-state index >= 15 is 0 Å². The topological polar surface area (TPSA) is 115 Å². The Hall–Kier alpha value is -2.39. The highest BCUT2D eigenvalue weighted by molar-refractivity contribution is 5.82. The molecule has 3 aliphatic rings. The van der Waals surface area contributed by atoms with Gasteiger partial charge in [-0.15, -0.1) is 0 Å². The van der Waals surface area contributed by atoms with Gasteiger partial charge >= 0.3 is 0 Å². The number of fused-ring (bicyclic) bond motifs is 2. The molecule has 0 bridgehead atoms. The number of carbonyl (C=O) groups is 1. The predicted molar refractivity (Wildman–Crippen MR) is 91.2 cm³/mol. The van der Waals surface area contributed by atoms with Crippen molar-refractivity contribution in [3.05, 3.63) is 33.9 Å². The van der Waals surface area contributed by atoms with Crippen molar-refractivity contribution in [3.8, 4) is 11.5 Å². The highest BCUT2D eigenvalue weighted by atomic mass is 16.6. The van der Waals surface area contributed by atoms with Crippen LogP contribution in [-0.4, -0.2) is 42.2 Å². The van der Waals surface area contributed by atoms with Crippen molar-refractivity contribution in [1.29, 1.82) is 0 Å². The van der Waals surface area contributed by atoms with Crippen LogP contribution in [0.15, 0.2) is 18.2 Å². The molecular formula is C17H22N4O5. The van der Waals surface area contributed by atoms with E-state index < -0.39 is 12.1 Å². The fourth-order valence-corrected chi connectivity index (χ4v) is 3.98. The molecule has 26 heavy (non-hydrogen) atoms. The summed E-state index contributed by atoms with van der Waals surface area (Å²) in [5.74, 6) is 1.18. The van der Waals surface area contributed by atoms with Crippen LogP contribution in [0, 0.1) is 16.0 Å². The Morgan fingerprint density at radius 3 is 2.85 bits per heavy atom. The molecule has 2 fully saturated rings. The molecule has 4 unspecified atom stereocenters. The van der Waals surface area contributed by atoms with Crippen LogP contribution in [0.5, 0.6) is 11.5 Å². The number of rotatable bonds is 4. The highest BCUT2D eigenvalue weighted by Gasteiger charge is 2.46. The van der Waals surface area contributed by atoms with Crippen LogP contribution in [0.2, 0.25) is 0 Å². The van der Waals surface area contributed by atoms with E-state index in [1.54, 1.807) is 0 Å². The first-order valence-corrected chi connectivity index (χ1v) is 8.92. The number of hydrogen-bond acceptors (Lipinski definition) is 7. The second-order valence-electron chi connectivity index (χ2n) is 6.98. The second-order valence-corrected chi connectivity index (χ2v) is 6.98. The zero-order chi connectivity index (χ0) is 18.1. The van der Waals surface area contributed by atoms with Gasteiger partial charge in [0.15, 0.2) is 11.5 Å². The fourth-order valence-electron chi connectivity index (χ4n) is 3.98. The smallest absolute Gasteiger partial charge is 0.239 e. The maximum Gasteiger partial charge on any atom is 0.239 e. The van der Waals surface area contributed by atoms with Crippen LogP contribution in [0.3, 0.4) is 0 Å². The fraction of sp³-hybridized carbons (Fsp3) is 0.588. The lowest BCUT2D eigenvalue weighted by atomic mass is 9.79. The predicted octanol–water partition coefficient (Wildman–Crippen LogP) is 0.364. The Bertz CT molecular complexity index is 712. The number of amides is 1. The molecule has 4 rings (SSSR count). The van der Waals surface area contributed by atoms with E-state index in [2.05, 4.69) is 16.2 Å². The van der Waals surface area contributed by atoms with Crippen molar-refractivity contribution in [3.63, 3.8) is 0 Å². The van der Waals surface area contributed by atoms with Crippen LogP contribution in [0.1, 0.15) is 24.8 Å². The van der Waals surface area contributed by atoms with Crippen molar-refractivity contribution in [2.24, 2.45) is 5.92 Å². The van der Waals surface area contributed by atoms with Crippen LogP contribution in [-0.2, 0) is 11.3 Å². The maximum absolute atomic E-state index is 12.6. The quantitative estimate of drug-likeness (QED) is 0.523. The van der Waals surface area contributed by atoms with E-state index in [9.17, 15) is 14.9 Å². The minimum Gasteiger partial charge on any atom is -0.486 e. The van der Waals surface area contributed by atoms with Crippen molar-refractivity contribution in [2.45, 2.75) is 43.9 Å². The number of ether oxygens (including phenoxy) is 2. The molecule has 140 valence electrons. The summed E-state index contributed by atoms with van der Waals surface area (Å²) in [4.78, 5) is 23.5. The number of nitrogens with one attached hydrogen (secondary N) is 3. The molecule has 2 aliphatic heterocycles. The standard InChI is InChI=1S/C17H22N4O5/c22-17(16-12-8-11(21(23)24)2-3-13(12)19-20-16)18-9-10-1-4-14-15(7-10)26-6-5-25-14/h1,4,7,11-13,16,19-20H,2-3,5-6,8-9H2,(H,18,22). The summed E-state index contributed by atoms with van der Waals surface area (Å²) < 4.78 is 11.0. The van der Waals surface area contributed by atoms with E-state index in [1.807, 2.05) is 18.2 Å². The SMILES string of the molecule is O=C(NCc1ccc2c(c1)OCCO2)C1NNC2CCC([N+](=O)[O-])CC21. The van der Waals surface area contributed by atoms with E-state index in [0.717, 1.165) is 5.56 Å². The Morgan fingerprint density at radius 2 is 2.04 bits per heavy atom. The van der Waals surface area contributed by atoms with Gasteiger partial charge in [0.1, 0.15) is 19.3 Å². The zero-order valence-electron chi connectivity index (χ0n) is 14.3. The molecule has 1 aliphatic carbocycles. The molecule has 2 heterocycles. The number of carbonyl (C=O) groups excluding carboxylic acids is 1. The van der Waals surface area contributed by atoms with Gasteiger partial charge in [0, 0.05) is 36.3 Å². The van der Waals surface area contributed by atoms with E-state index in [0.29, 0.717) is 50.5 Å². The van der Waals surface area contributed by atoms with Gasteiger partial charge in [-0.3, -0.25) is 20.3 Å². The molecule has 1 saturated heterocycles. The Balaban J connectivity index is 1.37. The third-order valence-corrected chi connectivity index (χ3v) is 5.38. The second kappa shape index (κ2) is 7.08. The van der Waals surface area contributed by atoms with Gasteiger partial charge in [-0.05, 0) is 24.1 Å². The lowest BCUT2D eigenvalue weighted by Gasteiger charge is -2.28. The lowest BCUT2D eigenvalue weighted by Crippen LogP contribution is -2.46. The van der Waals surface area contributed by atoms with Crippen molar-refractivity contribution >= 4 is 5.91 Å². The first-order chi connectivity index (χ1) is 12.6. The van der Waals surface area contributed by atoms with Gasteiger partial charge in [-0.25, -0.2) is 5.43 Å². The van der Waals surface area contributed by atoms with E-state index in [1.165, 1.54) is 0 Å². The lowest BCUT2D eigenvalue weighted by molar-refractivity contribution is -0.528. The van der Waals surface area contributed by atoms with Crippen LogP contribution < -0.4 is 25.6 Å². The molecule has 1 amide bonds. The summed E-state index contributed by atoms with van der Waals surface area (Å²) in [5, 5.41) is 14.0. The Morgan fingerprint density at radius 1 is 1.23 bits per heavy atom. The summed E-state index contributed by atoms with van der Waals surface area (Å²) >= 11 is 0. The van der Waals surface area contributed by atoms with Gasteiger partial charge in [0.05, 0.1) is 0 Å². The normalized spacial score (nSPS) is 29.7. The molecule has 0 spiro atoms.